The average Bonchev–Trinajstić information content (AvgIpc) is 2.63. The van der Waals surface area contributed by atoms with E-state index in [0.717, 1.165) is 12.5 Å². The smallest absolute Gasteiger partial charge is 0.0331 e. The maximum atomic E-state index is 6.04. The van der Waals surface area contributed by atoms with Gasteiger partial charge in [0.1, 0.15) is 0 Å². The summed E-state index contributed by atoms with van der Waals surface area (Å²) in [7, 11) is 0. The molecule has 2 N–H and O–H groups in total. The van der Waals surface area contributed by atoms with Crippen molar-refractivity contribution >= 4 is 0 Å². The average molecular weight is 210 g/mol. The Hall–Kier alpha value is -0.0800. The van der Waals surface area contributed by atoms with Gasteiger partial charge in [0.05, 0.1) is 0 Å². The molecule has 1 atom stereocenters. The molecule has 1 aliphatic heterocycles. The van der Waals surface area contributed by atoms with E-state index in [-0.39, 0.29) is 0 Å². The van der Waals surface area contributed by atoms with Gasteiger partial charge in [0.15, 0.2) is 0 Å². The van der Waals surface area contributed by atoms with Gasteiger partial charge in [-0.05, 0) is 51.1 Å². The highest BCUT2D eigenvalue weighted by Crippen LogP contribution is 2.36. The number of likely N-dealkylation sites (tertiary alicyclic amines) is 1. The van der Waals surface area contributed by atoms with E-state index >= 15 is 0 Å². The minimum absolute atomic E-state index is 0.393. The third kappa shape index (κ3) is 2.36. The molecule has 0 bridgehead atoms. The largest absolute Gasteiger partial charge is 0.329 e. The molecule has 2 heteroatoms. The quantitative estimate of drug-likeness (QED) is 0.758. The zero-order valence-electron chi connectivity index (χ0n) is 10.2. The van der Waals surface area contributed by atoms with Gasteiger partial charge in [0.2, 0.25) is 0 Å². The van der Waals surface area contributed by atoms with Crippen LogP contribution in [-0.4, -0.2) is 30.1 Å². The Morgan fingerprint density at radius 3 is 2.53 bits per heavy atom. The summed E-state index contributed by atoms with van der Waals surface area (Å²) in [6.45, 7) is 5.86. The highest BCUT2D eigenvalue weighted by Gasteiger charge is 2.38. The van der Waals surface area contributed by atoms with Crippen molar-refractivity contribution in [3.05, 3.63) is 0 Å². The van der Waals surface area contributed by atoms with Crippen LogP contribution >= 0.6 is 0 Å². The minimum Gasteiger partial charge on any atom is -0.329 e. The van der Waals surface area contributed by atoms with Crippen molar-refractivity contribution < 1.29 is 0 Å². The van der Waals surface area contributed by atoms with Crippen LogP contribution in [0.5, 0.6) is 0 Å². The van der Waals surface area contributed by atoms with E-state index in [9.17, 15) is 0 Å². The molecule has 0 spiro atoms. The first-order valence-corrected chi connectivity index (χ1v) is 6.72. The Morgan fingerprint density at radius 1 is 1.13 bits per heavy atom. The predicted octanol–water partition coefficient (Wildman–Crippen LogP) is 2.38. The summed E-state index contributed by atoms with van der Waals surface area (Å²) in [4.78, 5) is 2.73. The Labute approximate surface area is 94.2 Å². The normalized spacial score (nSPS) is 32.8. The van der Waals surface area contributed by atoms with Crippen LogP contribution in [0.1, 0.15) is 51.9 Å². The van der Waals surface area contributed by atoms with Crippen molar-refractivity contribution in [2.24, 2.45) is 11.7 Å². The van der Waals surface area contributed by atoms with Crippen LogP contribution in [0.15, 0.2) is 0 Å². The Kier molecular flexibility index (Phi) is 3.68. The molecule has 1 saturated carbocycles. The van der Waals surface area contributed by atoms with Gasteiger partial charge in [-0.1, -0.05) is 19.8 Å². The lowest BCUT2D eigenvalue weighted by atomic mass is 9.94. The van der Waals surface area contributed by atoms with Crippen LogP contribution in [-0.2, 0) is 0 Å². The van der Waals surface area contributed by atoms with Crippen molar-refractivity contribution in [1.29, 1.82) is 0 Å². The van der Waals surface area contributed by atoms with Crippen molar-refractivity contribution in [3.63, 3.8) is 0 Å². The molecule has 2 rings (SSSR count). The number of rotatable bonds is 2. The molecule has 0 aromatic carbocycles. The Morgan fingerprint density at radius 2 is 1.87 bits per heavy atom. The van der Waals surface area contributed by atoms with Gasteiger partial charge in [-0.25, -0.2) is 0 Å². The van der Waals surface area contributed by atoms with Gasteiger partial charge in [-0.3, -0.25) is 4.90 Å². The lowest BCUT2D eigenvalue weighted by Crippen LogP contribution is -2.52. The summed E-state index contributed by atoms with van der Waals surface area (Å²) in [6, 6.07) is 0. The van der Waals surface area contributed by atoms with E-state index in [4.69, 9.17) is 5.73 Å². The first-order chi connectivity index (χ1) is 7.27. The Bertz CT molecular complexity index is 197. The summed E-state index contributed by atoms with van der Waals surface area (Å²) >= 11 is 0. The molecular weight excluding hydrogens is 184 g/mol. The molecule has 0 aromatic heterocycles. The lowest BCUT2D eigenvalue weighted by molar-refractivity contribution is 0.102. The SMILES string of the molecule is CC1CCCN(C2(CN)CCCC2)CC1. The molecule has 88 valence electrons. The molecule has 15 heavy (non-hydrogen) atoms. The fourth-order valence-corrected chi connectivity index (χ4v) is 3.42. The lowest BCUT2D eigenvalue weighted by Gasteiger charge is -2.40. The zero-order valence-corrected chi connectivity index (χ0v) is 10.2. The van der Waals surface area contributed by atoms with Crippen LogP contribution in [0.3, 0.4) is 0 Å². The minimum atomic E-state index is 0.393. The molecule has 0 aromatic rings. The molecule has 0 amide bonds. The predicted molar refractivity (Wildman–Crippen MR) is 64.8 cm³/mol. The molecule has 1 heterocycles. The van der Waals surface area contributed by atoms with Crippen molar-refractivity contribution in [2.45, 2.75) is 57.4 Å². The van der Waals surface area contributed by atoms with E-state index in [1.54, 1.807) is 0 Å². The van der Waals surface area contributed by atoms with E-state index in [1.807, 2.05) is 0 Å². The molecule has 1 aliphatic carbocycles. The fraction of sp³-hybridized carbons (Fsp3) is 1.00. The van der Waals surface area contributed by atoms with Crippen LogP contribution in [0, 0.1) is 5.92 Å². The van der Waals surface area contributed by atoms with Crippen LogP contribution in [0.2, 0.25) is 0 Å². The van der Waals surface area contributed by atoms with Crippen LogP contribution in [0.25, 0.3) is 0 Å². The van der Waals surface area contributed by atoms with Crippen molar-refractivity contribution in [3.8, 4) is 0 Å². The second-order valence-electron chi connectivity index (χ2n) is 5.66. The molecular formula is C13H26N2. The van der Waals surface area contributed by atoms with Crippen LogP contribution < -0.4 is 5.73 Å². The van der Waals surface area contributed by atoms with Gasteiger partial charge in [0.25, 0.3) is 0 Å². The third-order valence-electron chi connectivity index (χ3n) is 4.60. The maximum Gasteiger partial charge on any atom is 0.0331 e. The van der Waals surface area contributed by atoms with Gasteiger partial charge in [-0.2, -0.15) is 0 Å². The second-order valence-corrected chi connectivity index (χ2v) is 5.66. The maximum absolute atomic E-state index is 6.04. The number of nitrogens with two attached hydrogens (primary N) is 1. The summed E-state index contributed by atoms with van der Waals surface area (Å²) in [6.07, 6.45) is 9.64. The van der Waals surface area contributed by atoms with E-state index < -0.39 is 0 Å². The summed E-state index contributed by atoms with van der Waals surface area (Å²) in [5.41, 5.74) is 6.44. The standard InChI is InChI=1S/C13H26N2/c1-12-5-4-9-15(10-6-12)13(11-14)7-2-3-8-13/h12H,2-11,14H2,1H3. The van der Waals surface area contributed by atoms with Crippen molar-refractivity contribution in [2.75, 3.05) is 19.6 Å². The van der Waals surface area contributed by atoms with Gasteiger partial charge in [0, 0.05) is 12.1 Å². The van der Waals surface area contributed by atoms with Gasteiger partial charge < -0.3 is 5.73 Å². The Balaban J connectivity index is 2.01. The molecule has 2 aliphatic rings. The van der Waals surface area contributed by atoms with Gasteiger partial charge in [-0.15, -0.1) is 0 Å². The fourth-order valence-electron chi connectivity index (χ4n) is 3.42. The highest BCUT2D eigenvalue weighted by molar-refractivity contribution is 4.96. The second kappa shape index (κ2) is 4.84. The van der Waals surface area contributed by atoms with Crippen LogP contribution in [0.4, 0.5) is 0 Å². The molecule has 0 radical (unpaired) electrons. The summed E-state index contributed by atoms with van der Waals surface area (Å²) < 4.78 is 0. The highest BCUT2D eigenvalue weighted by atomic mass is 15.2. The van der Waals surface area contributed by atoms with E-state index in [1.165, 1.54) is 58.0 Å². The monoisotopic (exact) mass is 210 g/mol. The topological polar surface area (TPSA) is 29.3 Å². The van der Waals surface area contributed by atoms with E-state index in [0.29, 0.717) is 5.54 Å². The molecule has 2 nitrogen and oxygen atoms in total. The number of hydrogen-bond acceptors (Lipinski definition) is 2. The summed E-state index contributed by atoms with van der Waals surface area (Å²) in [5.74, 6) is 0.922. The van der Waals surface area contributed by atoms with Crippen molar-refractivity contribution in [1.82, 2.24) is 4.90 Å². The van der Waals surface area contributed by atoms with E-state index in [2.05, 4.69) is 11.8 Å². The molecule has 1 saturated heterocycles. The molecule has 1 unspecified atom stereocenters. The summed E-state index contributed by atoms with van der Waals surface area (Å²) in [5, 5.41) is 0. The number of nitrogens with zero attached hydrogens (tertiary/aromatic N) is 1. The third-order valence-corrected chi connectivity index (χ3v) is 4.60. The first-order valence-electron chi connectivity index (χ1n) is 6.72. The molecule has 2 fully saturated rings. The van der Waals surface area contributed by atoms with Gasteiger partial charge >= 0.3 is 0 Å². The number of hydrogen-bond donors (Lipinski definition) is 1. The zero-order chi connectivity index (χ0) is 10.7. The first kappa shape index (κ1) is 11.4.